The first-order chi connectivity index (χ1) is 9.95. The molecule has 4 rings (SSSR count). The number of carbonyl (C=O) groups excluding carboxylic acids is 1. The van der Waals surface area contributed by atoms with Crippen molar-refractivity contribution in [1.82, 2.24) is 0 Å². The van der Waals surface area contributed by atoms with Crippen LogP contribution >= 0.6 is 0 Å². The number of allylic oxidation sites excluding steroid dienone is 1. The van der Waals surface area contributed by atoms with Gasteiger partial charge in [-0.25, -0.2) is 0 Å². The quantitative estimate of drug-likeness (QED) is 0.601. The molecule has 1 heteroatoms. The molecule has 0 aromatic carbocycles. The van der Waals surface area contributed by atoms with Gasteiger partial charge in [-0.1, -0.05) is 26.3 Å². The Kier molecular flexibility index (Phi) is 2.98. The lowest BCUT2D eigenvalue weighted by Gasteiger charge is -2.58. The minimum absolute atomic E-state index is 0.351. The van der Waals surface area contributed by atoms with Gasteiger partial charge in [0.05, 0.1) is 0 Å². The maximum absolute atomic E-state index is 11.8. The number of ketones is 1. The topological polar surface area (TPSA) is 17.1 Å². The van der Waals surface area contributed by atoms with Crippen LogP contribution in [0.2, 0.25) is 0 Å². The average molecular weight is 286 g/mol. The maximum atomic E-state index is 11.8. The van der Waals surface area contributed by atoms with Crippen LogP contribution in [0.5, 0.6) is 0 Å². The molecule has 3 saturated carbocycles. The molecule has 0 aliphatic heterocycles. The summed E-state index contributed by atoms with van der Waals surface area (Å²) in [5, 5.41) is 0. The van der Waals surface area contributed by atoms with E-state index in [-0.39, 0.29) is 0 Å². The first-order valence-electron chi connectivity index (χ1n) is 9.19. The van der Waals surface area contributed by atoms with Gasteiger partial charge in [0.1, 0.15) is 0 Å². The molecule has 0 N–H and O–H groups in total. The summed E-state index contributed by atoms with van der Waals surface area (Å²) in [6, 6.07) is 0. The van der Waals surface area contributed by atoms with Crippen LogP contribution in [0.4, 0.5) is 0 Å². The van der Waals surface area contributed by atoms with E-state index in [1.807, 2.05) is 6.08 Å². The summed E-state index contributed by atoms with van der Waals surface area (Å²) in [4.78, 5) is 11.8. The molecule has 2 unspecified atom stereocenters. The zero-order valence-corrected chi connectivity index (χ0v) is 14.0. The zero-order valence-electron chi connectivity index (χ0n) is 14.0. The van der Waals surface area contributed by atoms with E-state index in [0.717, 1.165) is 36.5 Å². The Morgan fingerprint density at radius 2 is 1.81 bits per heavy atom. The normalized spacial score (nSPS) is 52.7. The lowest BCUT2D eigenvalue weighted by atomic mass is 9.47. The average Bonchev–Trinajstić information content (AvgIpc) is 2.76. The Hall–Kier alpha value is -0.590. The predicted molar refractivity (Wildman–Crippen MR) is 85.9 cm³/mol. The third-order valence-corrected chi connectivity index (χ3v) is 8.44. The van der Waals surface area contributed by atoms with Gasteiger partial charge >= 0.3 is 0 Å². The molecule has 4 aliphatic rings. The number of hydrogen-bond donors (Lipinski definition) is 0. The molecule has 0 radical (unpaired) electrons. The second-order valence-corrected chi connectivity index (χ2v) is 8.99. The fraction of sp³-hybridized carbons (Fsp3) is 0.850. The van der Waals surface area contributed by atoms with Crippen molar-refractivity contribution >= 4 is 5.78 Å². The Morgan fingerprint density at radius 1 is 1.00 bits per heavy atom. The summed E-state index contributed by atoms with van der Waals surface area (Å²) in [6.07, 6.45) is 12.2. The zero-order chi connectivity index (χ0) is 14.8. The van der Waals surface area contributed by atoms with Gasteiger partial charge in [-0.15, -0.1) is 0 Å². The number of fused-ring (bicyclic) bond motifs is 5. The largest absolute Gasteiger partial charge is 0.295 e. The second-order valence-electron chi connectivity index (χ2n) is 8.99. The van der Waals surface area contributed by atoms with Crippen molar-refractivity contribution < 1.29 is 4.79 Å². The van der Waals surface area contributed by atoms with E-state index >= 15 is 0 Å². The third kappa shape index (κ3) is 1.79. The number of hydrogen-bond acceptors (Lipinski definition) is 1. The van der Waals surface area contributed by atoms with Gasteiger partial charge < -0.3 is 0 Å². The van der Waals surface area contributed by atoms with Crippen molar-refractivity contribution in [2.75, 3.05) is 0 Å². The van der Waals surface area contributed by atoms with Gasteiger partial charge in [-0.2, -0.15) is 0 Å². The Morgan fingerprint density at radius 3 is 2.62 bits per heavy atom. The molecule has 21 heavy (non-hydrogen) atoms. The van der Waals surface area contributed by atoms with Gasteiger partial charge in [0.25, 0.3) is 0 Å². The van der Waals surface area contributed by atoms with E-state index in [2.05, 4.69) is 20.8 Å². The summed E-state index contributed by atoms with van der Waals surface area (Å²) >= 11 is 0. The molecule has 0 saturated heterocycles. The number of carbonyl (C=O) groups is 1. The van der Waals surface area contributed by atoms with E-state index in [0.29, 0.717) is 16.6 Å². The number of rotatable bonds is 0. The molecule has 0 spiro atoms. The molecule has 0 aromatic rings. The van der Waals surface area contributed by atoms with Crippen molar-refractivity contribution in [2.24, 2.45) is 34.5 Å². The van der Waals surface area contributed by atoms with Crippen molar-refractivity contribution in [3.8, 4) is 0 Å². The van der Waals surface area contributed by atoms with Crippen molar-refractivity contribution in [3.63, 3.8) is 0 Å². The van der Waals surface area contributed by atoms with Crippen molar-refractivity contribution in [3.05, 3.63) is 11.6 Å². The molecule has 1 nitrogen and oxygen atoms in total. The fourth-order valence-electron chi connectivity index (χ4n) is 6.82. The summed E-state index contributed by atoms with van der Waals surface area (Å²) in [5.74, 6) is 4.05. The van der Waals surface area contributed by atoms with Crippen LogP contribution in [0.25, 0.3) is 0 Å². The van der Waals surface area contributed by atoms with E-state index in [1.54, 1.807) is 0 Å². The highest BCUT2D eigenvalue weighted by Crippen LogP contribution is 2.66. The van der Waals surface area contributed by atoms with E-state index in [1.165, 1.54) is 44.1 Å². The SMILES string of the molecule is C[C@H]1CC[C@H]2C3CCC4=CC(=O)CCC4(C)[C@H]3CC[C@]12C. The first-order valence-corrected chi connectivity index (χ1v) is 9.19. The monoisotopic (exact) mass is 286 g/mol. The summed E-state index contributed by atoms with van der Waals surface area (Å²) in [5.41, 5.74) is 2.47. The molecule has 6 atom stereocenters. The van der Waals surface area contributed by atoms with E-state index in [9.17, 15) is 4.79 Å². The molecule has 0 heterocycles. The fourth-order valence-corrected chi connectivity index (χ4v) is 6.82. The van der Waals surface area contributed by atoms with E-state index < -0.39 is 0 Å². The van der Waals surface area contributed by atoms with Crippen LogP contribution in [-0.4, -0.2) is 5.78 Å². The van der Waals surface area contributed by atoms with Crippen LogP contribution in [0.15, 0.2) is 11.6 Å². The maximum Gasteiger partial charge on any atom is 0.155 e. The minimum atomic E-state index is 0.351. The molecular weight excluding hydrogens is 256 g/mol. The van der Waals surface area contributed by atoms with Crippen molar-refractivity contribution in [2.45, 2.75) is 72.1 Å². The first kappa shape index (κ1) is 14.0. The predicted octanol–water partition coefficient (Wildman–Crippen LogP) is 5.15. The van der Waals surface area contributed by atoms with Gasteiger partial charge in [0.15, 0.2) is 5.78 Å². The van der Waals surface area contributed by atoms with Crippen LogP contribution in [0.3, 0.4) is 0 Å². The molecular formula is C20H30O. The lowest BCUT2D eigenvalue weighted by molar-refractivity contribution is -0.117. The summed E-state index contributed by atoms with van der Waals surface area (Å²) in [7, 11) is 0. The second kappa shape index (κ2) is 4.46. The smallest absolute Gasteiger partial charge is 0.155 e. The highest BCUT2D eigenvalue weighted by molar-refractivity contribution is 5.91. The molecule has 116 valence electrons. The van der Waals surface area contributed by atoms with E-state index in [4.69, 9.17) is 0 Å². The summed E-state index contributed by atoms with van der Waals surface area (Å²) < 4.78 is 0. The van der Waals surface area contributed by atoms with Crippen LogP contribution < -0.4 is 0 Å². The van der Waals surface area contributed by atoms with Gasteiger partial charge in [-0.05, 0) is 85.5 Å². The molecule has 0 amide bonds. The highest BCUT2D eigenvalue weighted by Gasteiger charge is 2.57. The van der Waals surface area contributed by atoms with Crippen LogP contribution in [0, 0.1) is 34.5 Å². The Labute approximate surface area is 129 Å². The summed E-state index contributed by atoms with van der Waals surface area (Å²) in [6.45, 7) is 7.57. The third-order valence-electron chi connectivity index (χ3n) is 8.44. The molecule has 0 bridgehead atoms. The Balaban J connectivity index is 1.69. The van der Waals surface area contributed by atoms with Gasteiger partial charge in [0, 0.05) is 6.42 Å². The lowest BCUT2D eigenvalue weighted by Crippen LogP contribution is -2.50. The molecule has 4 aliphatic carbocycles. The van der Waals surface area contributed by atoms with Crippen LogP contribution in [-0.2, 0) is 4.79 Å². The Bertz CT molecular complexity index is 504. The van der Waals surface area contributed by atoms with Gasteiger partial charge in [-0.3, -0.25) is 4.79 Å². The molecule has 0 aromatic heterocycles. The standard InChI is InChI=1S/C20H30O/c1-13-4-7-17-16-6-5-14-12-15(21)8-10-20(14,3)18(16)9-11-19(13,17)2/h12-13,16-18H,4-11H2,1-3H3/t13-,16?,17-,18-,19+,20?/m0/s1. The minimum Gasteiger partial charge on any atom is -0.295 e. The molecule has 3 fully saturated rings. The van der Waals surface area contributed by atoms with Crippen molar-refractivity contribution in [1.29, 1.82) is 0 Å². The van der Waals surface area contributed by atoms with Gasteiger partial charge in [0.2, 0.25) is 0 Å². The highest BCUT2D eigenvalue weighted by atomic mass is 16.1. The van der Waals surface area contributed by atoms with Crippen LogP contribution in [0.1, 0.15) is 72.1 Å².